The van der Waals surface area contributed by atoms with Crippen molar-refractivity contribution in [3.05, 3.63) is 294 Å². The van der Waals surface area contributed by atoms with Crippen molar-refractivity contribution in [3.63, 3.8) is 0 Å². The Bertz CT molecular complexity index is 4000. The van der Waals surface area contributed by atoms with Gasteiger partial charge in [-0.15, -0.1) is 0 Å². The molecule has 11 aromatic rings. The van der Waals surface area contributed by atoms with Gasteiger partial charge in [0.2, 0.25) is 0 Å². The number of fused-ring (bicyclic) bond motifs is 13. The third kappa shape index (κ3) is 6.28. The zero-order valence-corrected chi connectivity index (χ0v) is 40.4. The molecule has 3 aliphatic carbocycles. The minimum atomic E-state index is -0.444. The summed E-state index contributed by atoms with van der Waals surface area (Å²) in [6.07, 6.45) is 11.9. The molecular formula is C70H50N2. The van der Waals surface area contributed by atoms with Crippen LogP contribution in [0.15, 0.2) is 255 Å². The van der Waals surface area contributed by atoms with E-state index in [0.717, 1.165) is 23.5 Å². The lowest BCUT2D eigenvalue weighted by Crippen LogP contribution is -2.26. The van der Waals surface area contributed by atoms with Crippen LogP contribution < -0.4 is 4.90 Å². The van der Waals surface area contributed by atoms with E-state index in [1.807, 2.05) is 0 Å². The Morgan fingerprint density at radius 2 is 1.00 bits per heavy atom. The van der Waals surface area contributed by atoms with E-state index in [1.54, 1.807) is 0 Å². The van der Waals surface area contributed by atoms with Crippen LogP contribution in [-0.4, -0.2) is 4.57 Å². The second kappa shape index (κ2) is 16.6. The molecule has 3 aliphatic rings. The zero-order chi connectivity index (χ0) is 47.9. The fourth-order valence-electron chi connectivity index (χ4n) is 12.7. The average Bonchev–Trinajstić information content (AvgIpc) is 3.92. The molecule has 0 amide bonds. The van der Waals surface area contributed by atoms with Crippen LogP contribution in [0.4, 0.5) is 17.1 Å². The SMILES string of the molecule is Cc1cc(N(c2ccc(-c3ccccc3)cc2)c2cccc3c2-c2ccccc2C32c3ccccc3-c3ccccc32)cc(C)c1-c1ccc2c(c1)c1ccccc1n2-c1ccc(C2=CCC=CC=C2)cc1. The molecule has 0 unspecified atom stereocenters. The Hall–Kier alpha value is -8.98. The topological polar surface area (TPSA) is 8.17 Å². The second-order valence-corrected chi connectivity index (χ2v) is 19.6. The standard InChI is InChI=1S/C70H50N2/c1-46-43-55(44-47(2)68(46)52-37-42-66-60(45-52)58-25-13-17-31-65(58)72(66)54-40-35-51(36-41-54)48-19-6-3-4-7-20-48)71(53-38-33-50(34-39-53)49-21-8-5-9-22-49)67-32-18-30-64-69(67)59-26-12-16-29-63(59)70(64)61-27-14-10-23-56(61)57-24-11-15-28-62(57)70/h3-6,8-45H,7H2,1-2H3. The minimum Gasteiger partial charge on any atom is -0.310 e. The summed E-state index contributed by atoms with van der Waals surface area (Å²) in [5.74, 6) is 0. The van der Waals surface area contributed by atoms with Crippen molar-refractivity contribution in [2.75, 3.05) is 4.90 Å². The van der Waals surface area contributed by atoms with Crippen molar-refractivity contribution in [2.24, 2.45) is 0 Å². The van der Waals surface area contributed by atoms with Gasteiger partial charge in [-0.05, 0) is 164 Å². The molecule has 0 bridgehead atoms. The van der Waals surface area contributed by atoms with E-state index in [4.69, 9.17) is 0 Å². The van der Waals surface area contributed by atoms with Crippen LogP contribution in [0.25, 0.3) is 77.6 Å². The molecule has 0 radical (unpaired) electrons. The number of hydrogen-bond donors (Lipinski definition) is 0. The predicted molar refractivity (Wildman–Crippen MR) is 303 cm³/mol. The summed E-state index contributed by atoms with van der Waals surface area (Å²) in [7, 11) is 0. The van der Waals surface area contributed by atoms with Gasteiger partial charge in [0.05, 0.1) is 22.1 Å². The maximum absolute atomic E-state index is 2.52. The van der Waals surface area contributed by atoms with E-state index in [-0.39, 0.29) is 0 Å². The van der Waals surface area contributed by atoms with Crippen molar-refractivity contribution >= 4 is 44.4 Å². The van der Waals surface area contributed by atoms with Crippen molar-refractivity contribution < 1.29 is 0 Å². The molecule has 1 aromatic heterocycles. The summed E-state index contributed by atoms with van der Waals surface area (Å²) in [5.41, 5.74) is 26.9. The smallest absolute Gasteiger partial charge is 0.0726 e. The van der Waals surface area contributed by atoms with Crippen LogP contribution in [0.2, 0.25) is 0 Å². The molecule has 2 heteroatoms. The van der Waals surface area contributed by atoms with Crippen LogP contribution in [-0.2, 0) is 5.41 Å². The largest absolute Gasteiger partial charge is 0.310 e. The normalized spacial score (nSPS) is 13.7. The van der Waals surface area contributed by atoms with Gasteiger partial charge in [0.15, 0.2) is 0 Å². The Morgan fingerprint density at radius 1 is 0.417 bits per heavy atom. The second-order valence-electron chi connectivity index (χ2n) is 19.6. The number of aromatic nitrogens is 1. The first-order chi connectivity index (χ1) is 35.6. The number of hydrogen-bond acceptors (Lipinski definition) is 1. The highest BCUT2D eigenvalue weighted by Crippen LogP contribution is 2.64. The number of benzene rings is 10. The predicted octanol–water partition coefficient (Wildman–Crippen LogP) is 18.4. The summed E-state index contributed by atoms with van der Waals surface area (Å²) in [4.78, 5) is 2.52. The molecule has 0 aliphatic heterocycles. The lowest BCUT2D eigenvalue weighted by molar-refractivity contribution is 0.794. The van der Waals surface area contributed by atoms with Gasteiger partial charge < -0.3 is 9.47 Å². The molecule has 0 fully saturated rings. The van der Waals surface area contributed by atoms with E-state index in [0.29, 0.717) is 0 Å². The molecule has 72 heavy (non-hydrogen) atoms. The average molecular weight is 919 g/mol. The third-order valence-corrected chi connectivity index (χ3v) is 15.7. The maximum atomic E-state index is 2.52. The van der Waals surface area contributed by atoms with Crippen molar-refractivity contribution in [3.8, 4) is 50.2 Å². The molecule has 1 spiro atoms. The van der Waals surface area contributed by atoms with Crippen molar-refractivity contribution in [1.29, 1.82) is 0 Å². The summed E-state index contributed by atoms with van der Waals surface area (Å²) in [6.45, 7) is 4.58. The number of para-hydroxylation sites is 1. The number of rotatable bonds is 7. The molecule has 0 N–H and O–H groups in total. The monoisotopic (exact) mass is 918 g/mol. The fraction of sp³-hybridized carbons (Fsp3) is 0.0571. The van der Waals surface area contributed by atoms with Crippen molar-refractivity contribution in [1.82, 2.24) is 4.57 Å². The first-order valence-corrected chi connectivity index (χ1v) is 25.2. The molecule has 10 aromatic carbocycles. The van der Waals surface area contributed by atoms with Crippen LogP contribution in [0.1, 0.15) is 45.4 Å². The lowest BCUT2D eigenvalue weighted by Gasteiger charge is -2.32. The highest BCUT2D eigenvalue weighted by atomic mass is 15.1. The summed E-state index contributed by atoms with van der Waals surface area (Å²) >= 11 is 0. The van der Waals surface area contributed by atoms with Gasteiger partial charge in [-0.25, -0.2) is 0 Å². The van der Waals surface area contributed by atoms with Crippen LogP contribution in [0.5, 0.6) is 0 Å². The lowest BCUT2D eigenvalue weighted by atomic mass is 9.70. The van der Waals surface area contributed by atoms with E-state index in [9.17, 15) is 0 Å². The minimum absolute atomic E-state index is 0.444. The van der Waals surface area contributed by atoms with Crippen molar-refractivity contribution in [2.45, 2.75) is 25.7 Å². The van der Waals surface area contributed by atoms with Gasteiger partial charge in [-0.3, -0.25) is 0 Å². The number of nitrogens with zero attached hydrogens (tertiary/aromatic N) is 2. The van der Waals surface area contributed by atoms with Crippen LogP contribution in [0, 0.1) is 13.8 Å². The van der Waals surface area contributed by atoms with E-state index >= 15 is 0 Å². The van der Waals surface area contributed by atoms with Gasteiger partial charge in [0.1, 0.15) is 0 Å². The first-order valence-electron chi connectivity index (χ1n) is 25.2. The third-order valence-electron chi connectivity index (χ3n) is 15.7. The van der Waals surface area contributed by atoms with Gasteiger partial charge in [-0.1, -0.05) is 194 Å². The fourth-order valence-corrected chi connectivity index (χ4v) is 12.7. The van der Waals surface area contributed by atoms with Gasteiger partial charge in [-0.2, -0.15) is 0 Å². The maximum Gasteiger partial charge on any atom is 0.0726 e. The summed E-state index contributed by atoms with van der Waals surface area (Å²) in [6, 6.07) is 83.9. The number of allylic oxidation sites excluding steroid dienone is 6. The molecule has 0 atom stereocenters. The number of anilines is 3. The van der Waals surface area contributed by atoms with Gasteiger partial charge in [0.25, 0.3) is 0 Å². The van der Waals surface area contributed by atoms with Gasteiger partial charge >= 0.3 is 0 Å². The first kappa shape index (κ1) is 41.9. The van der Waals surface area contributed by atoms with Crippen LogP contribution in [0.3, 0.4) is 0 Å². The van der Waals surface area contributed by atoms with Gasteiger partial charge in [0, 0.05) is 33.4 Å². The summed E-state index contributed by atoms with van der Waals surface area (Å²) < 4.78 is 2.42. The molecule has 0 saturated heterocycles. The Labute approximate surface area is 421 Å². The molecule has 340 valence electrons. The Morgan fingerprint density at radius 3 is 1.74 bits per heavy atom. The molecule has 14 rings (SSSR count). The summed E-state index contributed by atoms with van der Waals surface area (Å²) in [5, 5.41) is 2.50. The molecule has 2 nitrogen and oxygen atoms in total. The molecule has 0 saturated carbocycles. The van der Waals surface area contributed by atoms with E-state index in [2.05, 4.69) is 278 Å². The van der Waals surface area contributed by atoms with E-state index < -0.39 is 5.41 Å². The highest BCUT2D eigenvalue weighted by molar-refractivity contribution is 6.11. The van der Waals surface area contributed by atoms with Crippen LogP contribution >= 0.6 is 0 Å². The van der Waals surface area contributed by atoms with E-state index in [1.165, 1.54) is 117 Å². The Kier molecular flexibility index (Phi) is 9.66. The zero-order valence-electron chi connectivity index (χ0n) is 40.4. The Balaban J connectivity index is 0.927. The highest BCUT2D eigenvalue weighted by Gasteiger charge is 2.52. The molecular weight excluding hydrogens is 869 g/mol. The molecule has 1 heterocycles. The quantitative estimate of drug-likeness (QED) is 0.155. The number of aryl methyl sites for hydroxylation is 2.